The Labute approximate surface area is 190 Å². The third-order valence-corrected chi connectivity index (χ3v) is 7.04. The highest BCUT2D eigenvalue weighted by atomic mass is 35.5. The van der Waals surface area contributed by atoms with E-state index in [-0.39, 0.29) is 30.1 Å². The van der Waals surface area contributed by atoms with Gasteiger partial charge in [-0.25, -0.2) is 12.8 Å². The van der Waals surface area contributed by atoms with Gasteiger partial charge < -0.3 is 15.4 Å². The molecule has 0 unspecified atom stereocenters. The van der Waals surface area contributed by atoms with E-state index < -0.39 is 33.9 Å². The second-order valence-electron chi connectivity index (χ2n) is 7.22. The Balaban J connectivity index is 1.60. The first-order chi connectivity index (χ1) is 15.2. The Morgan fingerprint density at radius 2 is 1.84 bits per heavy atom. The number of halogens is 2. The first kappa shape index (κ1) is 24.1. The molecule has 1 aliphatic rings. The molecule has 3 rings (SSSR count). The smallest absolute Gasteiger partial charge is 0.309 e. The molecule has 0 radical (unpaired) electrons. The van der Waals surface area contributed by atoms with Crippen LogP contribution in [0.15, 0.2) is 47.4 Å². The standard InChI is InChI=1S/C21H23ClFN3O5S/c1-14-11-17(7-8-18(14)23)32(29,30)26-9-2-10-31-19(26)13-25-21(28)20(27)24-12-15-3-5-16(22)6-4-15/h3-8,11,19H,2,9-10,12-13H2,1H3,(H,24,27)(H,25,28)/t19-/m0/s1. The minimum absolute atomic E-state index is 0.0704. The van der Waals surface area contributed by atoms with Crippen LogP contribution in [0.1, 0.15) is 17.5 Å². The number of ether oxygens (including phenoxy) is 1. The van der Waals surface area contributed by atoms with Crippen LogP contribution in [0, 0.1) is 12.7 Å². The molecule has 1 fully saturated rings. The molecule has 2 N–H and O–H groups in total. The fourth-order valence-electron chi connectivity index (χ4n) is 3.14. The lowest BCUT2D eigenvalue weighted by Gasteiger charge is -2.34. The van der Waals surface area contributed by atoms with Crippen LogP contribution in [0.25, 0.3) is 0 Å². The van der Waals surface area contributed by atoms with Gasteiger partial charge in [0.25, 0.3) is 0 Å². The molecular formula is C21H23ClFN3O5S. The molecule has 172 valence electrons. The number of hydrogen-bond donors (Lipinski definition) is 2. The van der Waals surface area contributed by atoms with Crippen LogP contribution in [0.4, 0.5) is 4.39 Å². The third kappa shape index (κ3) is 5.83. The molecule has 0 aliphatic carbocycles. The quantitative estimate of drug-likeness (QED) is 0.611. The van der Waals surface area contributed by atoms with E-state index in [9.17, 15) is 22.4 Å². The van der Waals surface area contributed by atoms with Crippen molar-refractivity contribution in [1.29, 1.82) is 0 Å². The number of nitrogens with zero attached hydrogens (tertiary/aromatic N) is 1. The van der Waals surface area contributed by atoms with Crippen molar-refractivity contribution in [3.63, 3.8) is 0 Å². The fourth-order valence-corrected chi connectivity index (χ4v) is 4.92. The van der Waals surface area contributed by atoms with Gasteiger partial charge in [-0.2, -0.15) is 4.31 Å². The van der Waals surface area contributed by atoms with Gasteiger partial charge in [0.15, 0.2) is 0 Å². The Morgan fingerprint density at radius 3 is 2.53 bits per heavy atom. The van der Waals surface area contributed by atoms with Gasteiger partial charge >= 0.3 is 11.8 Å². The summed E-state index contributed by atoms with van der Waals surface area (Å²) in [7, 11) is -3.99. The van der Waals surface area contributed by atoms with Gasteiger partial charge in [-0.1, -0.05) is 23.7 Å². The van der Waals surface area contributed by atoms with Gasteiger partial charge in [0, 0.05) is 18.1 Å². The van der Waals surface area contributed by atoms with E-state index in [1.54, 1.807) is 24.3 Å². The number of rotatable bonds is 6. The van der Waals surface area contributed by atoms with E-state index in [1.165, 1.54) is 19.1 Å². The van der Waals surface area contributed by atoms with Crippen molar-refractivity contribution in [1.82, 2.24) is 14.9 Å². The summed E-state index contributed by atoms with van der Waals surface area (Å²) >= 11 is 5.81. The average molecular weight is 484 g/mol. The number of hydrogen-bond acceptors (Lipinski definition) is 5. The molecule has 11 heteroatoms. The SMILES string of the molecule is Cc1cc(S(=O)(=O)N2CCCO[C@H]2CNC(=O)C(=O)NCc2ccc(Cl)cc2)ccc1F. The summed E-state index contributed by atoms with van der Waals surface area (Å²) in [5, 5.41) is 5.45. The minimum Gasteiger partial charge on any atom is -0.360 e. The Bertz CT molecular complexity index is 1100. The van der Waals surface area contributed by atoms with Crippen LogP contribution < -0.4 is 10.6 Å². The van der Waals surface area contributed by atoms with Crippen molar-refractivity contribution in [3.05, 3.63) is 64.4 Å². The first-order valence-electron chi connectivity index (χ1n) is 9.88. The van der Waals surface area contributed by atoms with Crippen molar-refractivity contribution < 1.29 is 27.1 Å². The molecular weight excluding hydrogens is 461 g/mol. The first-order valence-corrected chi connectivity index (χ1v) is 11.7. The van der Waals surface area contributed by atoms with E-state index >= 15 is 0 Å². The van der Waals surface area contributed by atoms with E-state index in [1.807, 2.05) is 0 Å². The summed E-state index contributed by atoms with van der Waals surface area (Å²) in [6.07, 6.45) is -0.530. The molecule has 2 aromatic carbocycles. The number of amides is 2. The van der Waals surface area contributed by atoms with Crippen LogP contribution in [0.3, 0.4) is 0 Å². The highest BCUT2D eigenvalue weighted by Crippen LogP contribution is 2.23. The predicted molar refractivity (Wildman–Crippen MR) is 116 cm³/mol. The molecule has 2 aromatic rings. The highest BCUT2D eigenvalue weighted by Gasteiger charge is 2.35. The fraction of sp³-hybridized carbons (Fsp3) is 0.333. The molecule has 0 bridgehead atoms. The molecule has 0 aromatic heterocycles. The van der Waals surface area contributed by atoms with Crippen LogP contribution in [0.5, 0.6) is 0 Å². The lowest BCUT2D eigenvalue weighted by molar-refractivity contribution is -0.140. The van der Waals surface area contributed by atoms with E-state index in [0.717, 1.165) is 15.9 Å². The van der Waals surface area contributed by atoms with Gasteiger partial charge in [-0.05, 0) is 54.8 Å². The normalized spacial score (nSPS) is 17.0. The lowest BCUT2D eigenvalue weighted by atomic mass is 10.2. The molecule has 1 saturated heterocycles. The number of carbonyl (C=O) groups is 2. The lowest BCUT2D eigenvalue weighted by Crippen LogP contribution is -2.53. The molecule has 1 heterocycles. The number of carbonyl (C=O) groups excluding carboxylic acids is 2. The Morgan fingerprint density at radius 1 is 1.16 bits per heavy atom. The van der Waals surface area contributed by atoms with E-state index in [4.69, 9.17) is 16.3 Å². The van der Waals surface area contributed by atoms with E-state index in [0.29, 0.717) is 18.1 Å². The predicted octanol–water partition coefficient (Wildman–Crippen LogP) is 1.96. The zero-order valence-electron chi connectivity index (χ0n) is 17.3. The summed E-state index contributed by atoms with van der Waals surface area (Å²) in [5.74, 6) is -2.28. The summed E-state index contributed by atoms with van der Waals surface area (Å²) in [6.45, 7) is 1.86. The van der Waals surface area contributed by atoms with Crippen molar-refractivity contribution in [3.8, 4) is 0 Å². The van der Waals surface area contributed by atoms with Gasteiger partial charge in [0.1, 0.15) is 12.0 Å². The van der Waals surface area contributed by atoms with Crippen molar-refractivity contribution in [2.45, 2.75) is 31.0 Å². The molecule has 8 nitrogen and oxygen atoms in total. The summed E-state index contributed by atoms with van der Waals surface area (Å²) in [6, 6.07) is 10.3. The van der Waals surface area contributed by atoms with Crippen molar-refractivity contribution in [2.24, 2.45) is 0 Å². The number of sulfonamides is 1. The zero-order valence-corrected chi connectivity index (χ0v) is 18.9. The minimum atomic E-state index is -3.99. The number of nitrogens with one attached hydrogen (secondary N) is 2. The van der Waals surface area contributed by atoms with Crippen LogP contribution in [-0.2, 0) is 30.9 Å². The average Bonchev–Trinajstić information content (AvgIpc) is 2.78. The number of benzene rings is 2. The largest absolute Gasteiger partial charge is 0.360 e. The van der Waals surface area contributed by atoms with Crippen LogP contribution in [0.2, 0.25) is 5.02 Å². The molecule has 0 spiro atoms. The molecule has 0 saturated carbocycles. The second-order valence-corrected chi connectivity index (χ2v) is 9.55. The molecule has 1 aliphatic heterocycles. The molecule has 32 heavy (non-hydrogen) atoms. The van der Waals surface area contributed by atoms with Gasteiger partial charge in [0.2, 0.25) is 10.0 Å². The van der Waals surface area contributed by atoms with Gasteiger partial charge in [0.05, 0.1) is 18.0 Å². The summed E-state index contributed by atoms with van der Waals surface area (Å²) < 4.78 is 46.3. The third-order valence-electron chi connectivity index (χ3n) is 4.90. The van der Waals surface area contributed by atoms with Gasteiger partial charge in [-0.3, -0.25) is 9.59 Å². The van der Waals surface area contributed by atoms with Crippen LogP contribution >= 0.6 is 11.6 Å². The van der Waals surface area contributed by atoms with Crippen LogP contribution in [-0.4, -0.2) is 50.5 Å². The van der Waals surface area contributed by atoms with E-state index in [2.05, 4.69) is 10.6 Å². The zero-order chi connectivity index (χ0) is 23.3. The molecule has 1 atom stereocenters. The van der Waals surface area contributed by atoms with Crippen molar-refractivity contribution >= 4 is 33.4 Å². The molecule has 2 amide bonds. The van der Waals surface area contributed by atoms with Gasteiger partial charge in [-0.15, -0.1) is 0 Å². The monoisotopic (exact) mass is 483 g/mol. The number of aryl methyl sites for hydroxylation is 1. The Hall–Kier alpha value is -2.53. The summed E-state index contributed by atoms with van der Waals surface area (Å²) in [5.41, 5.74) is 0.962. The highest BCUT2D eigenvalue weighted by molar-refractivity contribution is 7.89. The second kappa shape index (κ2) is 10.4. The maximum absolute atomic E-state index is 13.6. The Kier molecular flexibility index (Phi) is 7.83. The maximum Gasteiger partial charge on any atom is 0.309 e. The topological polar surface area (TPSA) is 105 Å². The van der Waals surface area contributed by atoms with Crippen molar-refractivity contribution in [2.75, 3.05) is 19.7 Å². The maximum atomic E-state index is 13.6. The summed E-state index contributed by atoms with van der Waals surface area (Å²) in [4.78, 5) is 24.2.